The predicted octanol–water partition coefficient (Wildman–Crippen LogP) is 0.382. The van der Waals surface area contributed by atoms with Crippen molar-refractivity contribution in [3.05, 3.63) is 17.7 Å². The molecule has 5 nitrogen and oxygen atoms in total. The van der Waals surface area contributed by atoms with Crippen LogP contribution in [-0.4, -0.2) is 20.4 Å². The minimum atomic E-state index is -0.214. The maximum atomic E-state index is 5.84. The molecule has 4 N–H and O–H groups in total. The van der Waals surface area contributed by atoms with Crippen LogP contribution in [0.3, 0.4) is 0 Å². The van der Waals surface area contributed by atoms with E-state index >= 15 is 0 Å². The van der Waals surface area contributed by atoms with E-state index in [-0.39, 0.29) is 12.8 Å². The third kappa shape index (κ3) is 1.71. The highest BCUT2D eigenvalue weighted by Crippen LogP contribution is 2.42. The standard InChI is InChI=1S/C10H14N2O3/c1-13-8-2-6(7(12)4-11)3-9-10(8)15-5-14-9/h2-3,7H,4-5,11-12H2,1H3. The quantitative estimate of drug-likeness (QED) is 0.754. The first kappa shape index (κ1) is 10.1. The number of fused-ring (bicyclic) bond motifs is 1. The second kappa shape index (κ2) is 3.96. The van der Waals surface area contributed by atoms with Crippen molar-refractivity contribution in [3.8, 4) is 17.2 Å². The summed E-state index contributed by atoms with van der Waals surface area (Å²) in [6, 6.07) is 3.45. The molecule has 0 spiro atoms. The molecule has 1 aromatic carbocycles. The first-order chi connectivity index (χ1) is 7.26. The largest absolute Gasteiger partial charge is 0.493 e. The highest BCUT2D eigenvalue weighted by atomic mass is 16.7. The molecule has 0 bridgehead atoms. The summed E-state index contributed by atoms with van der Waals surface area (Å²) in [6.45, 7) is 0.593. The highest BCUT2D eigenvalue weighted by Gasteiger charge is 2.21. The molecule has 1 aliphatic heterocycles. The Morgan fingerprint density at radius 2 is 2.27 bits per heavy atom. The van der Waals surface area contributed by atoms with Gasteiger partial charge in [0.1, 0.15) is 0 Å². The average molecular weight is 210 g/mol. The molecule has 2 rings (SSSR count). The van der Waals surface area contributed by atoms with Gasteiger partial charge in [0, 0.05) is 12.6 Å². The molecule has 5 heteroatoms. The Morgan fingerprint density at radius 1 is 1.47 bits per heavy atom. The molecule has 0 saturated carbocycles. The number of hydrogen-bond acceptors (Lipinski definition) is 5. The number of ether oxygens (including phenoxy) is 3. The van der Waals surface area contributed by atoms with Gasteiger partial charge in [-0.15, -0.1) is 0 Å². The molecule has 0 aliphatic carbocycles. The lowest BCUT2D eigenvalue weighted by Crippen LogP contribution is -2.20. The first-order valence-corrected chi connectivity index (χ1v) is 4.69. The number of methoxy groups -OCH3 is 1. The van der Waals surface area contributed by atoms with Crippen molar-refractivity contribution >= 4 is 0 Å². The summed E-state index contributed by atoms with van der Waals surface area (Å²) in [4.78, 5) is 0. The van der Waals surface area contributed by atoms with Gasteiger partial charge in [-0.1, -0.05) is 0 Å². The summed E-state index contributed by atoms with van der Waals surface area (Å²) in [5.74, 6) is 1.92. The minimum absolute atomic E-state index is 0.214. The van der Waals surface area contributed by atoms with Crippen LogP contribution in [0.15, 0.2) is 12.1 Å². The molecule has 0 saturated heterocycles. The lowest BCUT2D eigenvalue weighted by molar-refractivity contribution is 0.171. The molecule has 1 unspecified atom stereocenters. The second-order valence-corrected chi connectivity index (χ2v) is 3.30. The van der Waals surface area contributed by atoms with Gasteiger partial charge in [0.25, 0.3) is 0 Å². The summed E-state index contributed by atoms with van der Waals surface area (Å²) in [5, 5.41) is 0. The molecule has 82 valence electrons. The van der Waals surface area contributed by atoms with Crippen molar-refractivity contribution in [2.75, 3.05) is 20.4 Å². The van der Waals surface area contributed by atoms with E-state index in [1.165, 1.54) is 0 Å². The summed E-state index contributed by atoms with van der Waals surface area (Å²) in [7, 11) is 1.58. The van der Waals surface area contributed by atoms with Crippen molar-refractivity contribution in [2.45, 2.75) is 6.04 Å². The van der Waals surface area contributed by atoms with Crippen molar-refractivity contribution in [2.24, 2.45) is 11.5 Å². The number of rotatable bonds is 3. The Morgan fingerprint density at radius 3 is 2.93 bits per heavy atom. The van der Waals surface area contributed by atoms with Crippen LogP contribution >= 0.6 is 0 Å². The van der Waals surface area contributed by atoms with E-state index < -0.39 is 0 Å². The molecular formula is C10H14N2O3. The van der Waals surface area contributed by atoms with Gasteiger partial charge in [-0.2, -0.15) is 0 Å². The lowest BCUT2D eigenvalue weighted by atomic mass is 10.1. The SMILES string of the molecule is COc1cc(C(N)CN)cc2c1OCO2. The molecule has 0 aromatic heterocycles. The Kier molecular flexibility index (Phi) is 2.66. The normalized spacial score (nSPS) is 15.1. The second-order valence-electron chi connectivity index (χ2n) is 3.30. The Balaban J connectivity index is 2.43. The molecule has 0 fully saturated rings. The Labute approximate surface area is 87.9 Å². The van der Waals surface area contributed by atoms with Gasteiger partial charge in [0.2, 0.25) is 12.5 Å². The van der Waals surface area contributed by atoms with Crippen molar-refractivity contribution < 1.29 is 14.2 Å². The molecule has 1 heterocycles. The zero-order chi connectivity index (χ0) is 10.8. The van der Waals surface area contributed by atoms with Gasteiger partial charge in [0.05, 0.1) is 7.11 Å². The molecule has 1 aromatic rings. The van der Waals surface area contributed by atoms with Crippen LogP contribution < -0.4 is 25.7 Å². The average Bonchev–Trinajstić information content (AvgIpc) is 2.74. The fourth-order valence-electron chi connectivity index (χ4n) is 1.50. The summed E-state index contributed by atoms with van der Waals surface area (Å²) in [6.07, 6.45) is 0. The number of nitrogens with two attached hydrogens (primary N) is 2. The Bertz CT molecular complexity index is 368. The van der Waals surface area contributed by atoms with E-state index in [0.717, 1.165) is 5.56 Å². The van der Waals surface area contributed by atoms with Crippen LogP contribution in [0.25, 0.3) is 0 Å². The highest BCUT2D eigenvalue weighted by molar-refractivity contribution is 5.55. The van der Waals surface area contributed by atoms with Crippen molar-refractivity contribution in [1.82, 2.24) is 0 Å². The number of benzene rings is 1. The fraction of sp³-hybridized carbons (Fsp3) is 0.400. The van der Waals surface area contributed by atoms with E-state index in [2.05, 4.69) is 0 Å². The monoisotopic (exact) mass is 210 g/mol. The van der Waals surface area contributed by atoms with Gasteiger partial charge in [0.15, 0.2) is 11.5 Å². The molecule has 0 radical (unpaired) electrons. The van der Waals surface area contributed by atoms with Crippen LogP contribution in [0.5, 0.6) is 17.2 Å². The predicted molar refractivity (Wildman–Crippen MR) is 55.1 cm³/mol. The van der Waals surface area contributed by atoms with Crippen LogP contribution in [0.1, 0.15) is 11.6 Å². The van der Waals surface area contributed by atoms with E-state index in [1.54, 1.807) is 7.11 Å². The fourth-order valence-corrected chi connectivity index (χ4v) is 1.50. The molecule has 0 amide bonds. The van der Waals surface area contributed by atoms with Crippen LogP contribution in [0.2, 0.25) is 0 Å². The minimum Gasteiger partial charge on any atom is -0.493 e. The van der Waals surface area contributed by atoms with Gasteiger partial charge in [-0.05, 0) is 17.7 Å². The van der Waals surface area contributed by atoms with Crippen LogP contribution in [0.4, 0.5) is 0 Å². The van der Waals surface area contributed by atoms with E-state index in [4.69, 9.17) is 25.7 Å². The van der Waals surface area contributed by atoms with E-state index in [1.807, 2.05) is 12.1 Å². The van der Waals surface area contributed by atoms with E-state index in [0.29, 0.717) is 23.8 Å². The summed E-state index contributed by atoms with van der Waals surface area (Å²) in [5.41, 5.74) is 12.2. The third-order valence-electron chi connectivity index (χ3n) is 2.36. The first-order valence-electron chi connectivity index (χ1n) is 4.69. The summed E-state index contributed by atoms with van der Waals surface area (Å²) < 4.78 is 15.7. The molecule has 1 atom stereocenters. The van der Waals surface area contributed by atoms with Gasteiger partial charge in [-0.25, -0.2) is 0 Å². The third-order valence-corrected chi connectivity index (χ3v) is 2.36. The number of hydrogen-bond donors (Lipinski definition) is 2. The maximum absolute atomic E-state index is 5.84. The molecular weight excluding hydrogens is 196 g/mol. The van der Waals surface area contributed by atoms with Crippen molar-refractivity contribution in [3.63, 3.8) is 0 Å². The van der Waals surface area contributed by atoms with Crippen molar-refractivity contribution in [1.29, 1.82) is 0 Å². The van der Waals surface area contributed by atoms with E-state index in [9.17, 15) is 0 Å². The smallest absolute Gasteiger partial charge is 0.231 e. The van der Waals surface area contributed by atoms with Gasteiger partial charge >= 0.3 is 0 Å². The molecule has 1 aliphatic rings. The van der Waals surface area contributed by atoms with Crippen LogP contribution in [-0.2, 0) is 0 Å². The summed E-state index contributed by atoms with van der Waals surface area (Å²) >= 11 is 0. The zero-order valence-electron chi connectivity index (χ0n) is 8.53. The van der Waals surface area contributed by atoms with Gasteiger partial charge in [-0.3, -0.25) is 0 Å². The molecule has 15 heavy (non-hydrogen) atoms. The maximum Gasteiger partial charge on any atom is 0.231 e. The lowest BCUT2D eigenvalue weighted by Gasteiger charge is -2.12. The van der Waals surface area contributed by atoms with Crippen LogP contribution in [0, 0.1) is 0 Å². The Hall–Kier alpha value is -1.46. The zero-order valence-corrected chi connectivity index (χ0v) is 8.53. The van der Waals surface area contributed by atoms with Gasteiger partial charge < -0.3 is 25.7 Å². The topological polar surface area (TPSA) is 79.7 Å².